The minimum atomic E-state index is -4.94. The van der Waals surface area contributed by atoms with Crippen molar-refractivity contribution in [2.24, 2.45) is 0 Å². The molecule has 0 aliphatic heterocycles. The van der Waals surface area contributed by atoms with Gasteiger partial charge in [-0.15, -0.1) is 10.2 Å². The molecular formula is C43H78ClNO8. The number of carbonyl (C=O) groups excluding carboxylic acids is 2. The van der Waals surface area contributed by atoms with Gasteiger partial charge in [-0.1, -0.05) is 168 Å². The Morgan fingerprint density at radius 2 is 0.755 bits per heavy atom. The summed E-state index contributed by atoms with van der Waals surface area (Å²) in [5, 5.41) is 0. The molecule has 0 aliphatic rings. The number of hydrogen-bond acceptors (Lipinski definition) is 8. The normalized spacial score (nSPS) is 11.4. The van der Waals surface area contributed by atoms with Crippen molar-refractivity contribution in [2.45, 2.75) is 220 Å². The Hall–Kier alpha value is -1.78. The van der Waals surface area contributed by atoms with E-state index in [2.05, 4.69) is 51.3 Å². The van der Waals surface area contributed by atoms with Crippen molar-refractivity contribution in [3.05, 3.63) is 29.1 Å². The van der Waals surface area contributed by atoms with Crippen molar-refractivity contribution in [1.29, 1.82) is 0 Å². The van der Waals surface area contributed by atoms with Gasteiger partial charge >= 0.3 is 11.9 Å². The van der Waals surface area contributed by atoms with Crippen LogP contribution < -0.4 is 23.2 Å². The number of hydrogen-bond donors (Lipinski definition) is 0. The van der Waals surface area contributed by atoms with E-state index in [-0.39, 0.29) is 31.2 Å². The number of unbranched alkanes of at least 4 members (excludes halogenated alkanes) is 24. The van der Waals surface area contributed by atoms with Crippen molar-refractivity contribution in [3.63, 3.8) is 0 Å². The lowest BCUT2D eigenvalue weighted by molar-refractivity contribution is -2.00. The van der Waals surface area contributed by atoms with E-state index < -0.39 is 10.2 Å². The van der Waals surface area contributed by atoms with Gasteiger partial charge in [-0.2, -0.15) is 4.57 Å². The predicted molar refractivity (Wildman–Crippen MR) is 202 cm³/mol. The molecule has 0 spiro atoms. The molecule has 53 heavy (non-hydrogen) atoms. The molecule has 10 heteroatoms. The van der Waals surface area contributed by atoms with Gasteiger partial charge in [0.2, 0.25) is 6.04 Å². The number of rotatable bonds is 33. The highest BCUT2D eigenvalue weighted by Gasteiger charge is 2.27. The Balaban J connectivity index is 0.00000504. The third kappa shape index (κ3) is 34.4. The summed E-state index contributed by atoms with van der Waals surface area (Å²) in [7, 11) is -4.94. The largest absolute Gasteiger partial charge is 0.458 e. The van der Waals surface area contributed by atoms with Crippen LogP contribution in [0.2, 0.25) is 0 Å². The molecule has 0 aromatic carbocycles. The molecule has 0 atom stereocenters. The van der Waals surface area contributed by atoms with Gasteiger partial charge in [0.25, 0.3) is 0 Å². The Labute approximate surface area is 326 Å². The first kappa shape index (κ1) is 51.2. The molecule has 9 nitrogen and oxygen atoms in total. The molecule has 0 saturated carbocycles. The molecule has 1 heterocycles. The number of halogens is 1. The number of carbonyl (C=O) groups is 2. The molecule has 0 saturated heterocycles. The summed E-state index contributed by atoms with van der Waals surface area (Å²) in [6.45, 7) is 11.2. The zero-order valence-corrected chi connectivity index (χ0v) is 35.3. The maximum Gasteiger partial charge on any atom is 0.306 e. The molecule has 0 radical (unpaired) electrons. The van der Waals surface area contributed by atoms with Crippen LogP contribution in [0.25, 0.3) is 0 Å². The van der Waals surface area contributed by atoms with Gasteiger partial charge in [-0.3, -0.25) is 9.59 Å². The lowest BCUT2D eigenvalue weighted by Gasteiger charge is -2.17. The van der Waals surface area contributed by atoms with Crippen LogP contribution in [0.4, 0.5) is 0 Å². The van der Waals surface area contributed by atoms with E-state index in [1.54, 1.807) is 0 Å². The predicted octanol–water partition coefficient (Wildman–Crippen LogP) is 7.73. The fourth-order valence-corrected chi connectivity index (χ4v) is 6.99. The number of esters is 2. The summed E-state index contributed by atoms with van der Waals surface area (Å²) in [5.41, 5.74) is 3.36. The van der Waals surface area contributed by atoms with Crippen molar-refractivity contribution < 1.29 is 52.5 Å². The van der Waals surface area contributed by atoms with Crippen LogP contribution in [0, 0.1) is 31.0 Å². The molecule has 1 rings (SSSR count). The standard InChI is InChI=1S/C43H78NO4.ClHO4/c1-6-8-10-12-14-16-18-20-22-24-26-28-30-32-42(45)47-36-41(44-39(4)34-38(3)35-40(44)5)37-48-43(46)33-31-29-27-25-23-21-19-17-15-13-11-9-7-2;2-1(3,4)5/h34-35,41H,6-33,36-37H2,1-5H3;(H,2,3,4,5)/q+1;/p-1. The van der Waals surface area contributed by atoms with Crippen LogP contribution >= 0.6 is 0 Å². The van der Waals surface area contributed by atoms with Gasteiger partial charge in [0.1, 0.15) is 0 Å². The van der Waals surface area contributed by atoms with Crippen LogP contribution in [0.3, 0.4) is 0 Å². The van der Waals surface area contributed by atoms with Crippen molar-refractivity contribution in [2.75, 3.05) is 13.2 Å². The summed E-state index contributed by atoms with van der Waals surface area (Å²) in [6, 6.07) is 4.03. The molecule has 0 N–H and O–H groups in total. The lowest BCUT2D eigenvalue weighted by atomic mass is 10.0. The van der Waals surface area contributed by atoms with Gasteiger partial charge in [0.05, 0.1) is 0 Å². The Bertz CT molecular complexity index is 957. The first-order valence-electron chi connectivity index (χ1n) is 21.3. The monoisotopic (exact) mass is 772 g/mol. The minimum Gasteiger partial charge on any atom is -0.458 e. The van der Waals surface area contributed by atoms with Crippen molar-refractivity contribution in [1.82, 2.24) is 0 Å². The average Bonchev–Trinajstić information content (AvgIpc) is 3.08. The van der Waals surface area contributed by atoms with Gasteiger partial charge in [0.15, 0.2) is 24.6 Å². The molecule has 0 amide bonds. The number of nitrogens with zero attached hydrogens (tertiary/aromatic N) is 1. The number of pyridine rings is 1. The SMILES string of the molecule is CCCCCCCCCCCCCCCC(=O)OCC(COC(=O)CCCCCCCCCCCCCCC)[n+]1c(C)cc(C)cc1C.[O-][Cl+3]([O-])([O-])[O-]. The first-order chi connectivity index (χ1) is 25.4. The second-order valence-electron chi connectivity index (χ2n) is 15.1. The molecule has 1 aromatic rings. The van der Waals surface area contributed by atoms with E-state index in [1.165, 1.54) is 147 Å². The minimum absolute atomic E-state index is 0.149. The van der Waals surface area contributed by atoms with Crippen LogP contribution in [0.5, 0.6) is 0 Å². The van der Waals surface area contributed by atoms with Crippen LogP contribution in [-0.4, -0.2) is 25.2 Å². The smallest absolute Gasteiger partial charge is 0.306 e. The summed E-state index contributed by atoms with van der Waals surface area (Å²) >= 11 is 0. The van der Waals surface area contributed by atoms with Crippen molar-refractivity contribution >= 4 is 11.9 Å². The zero-order valence-electron chi connectivity index (χ0n) is 34.5. The maximum absolute atomic E-state index is 12.7. The summed E-state index contributed by atoms with van der Waals surface area (Å²) in [6.07, 6.45) is 34.4. The van der Waals surface area contributed by atoms with E-state index in [1.807, 2.05) is 0 Å². The molecule has 0 unspecified atom stereocenters. The van der Waals surface area contributed by atoms with E-state index in [0.29, 0.717) is 12.8 Å². The van der Waals surface area contributed by atoms with Crippen molar-refractivity contribution in [3.8, 4) is 0 Å². The summed E-state index contributed by atoms with van der Waals surface area (Å²) in [5.74, 6) is -0.297. The number of aromatic nitrogens is 1. The first-order valence-corrected chi connectivity index (χ1v) is 22.5. The topological polar surface area (TPSA) is 149 Å². The number of ether oxygens (including phenoxy) is 2. The quantitative estimate of drug-likeness (QED) is 0.0401. The van der Waals surface area contributed by atoms with Gasteiger partial charge in [0, 0.05) is 38.8 Å². The van der Waals surface area contributed by atoms with Crippen LogP contribution in [0.15, 0.2) is 12.1 Å². The Morgan fingerprint density at radius 3 is 1.02 bits per heavy atom. The zero-order chi connectivity index (χ0) is 39.6. The number of aryl methyl sites for hydroxylation is 3. The molecule has 310 valence electrons. The van der Waals surface area contributed by atoms with E-state index in [0.717, 1.165) is 37.1 Å². The van der Waals surface area contributed by atoms with Gasteiger partial charge in [-0.05, 0) is 25.3 Å². The highest BCUT2D eigenvalue weighted by atomic mass is 35.7. The van der Waals surface area contributed by atoms with Gasteiger partial charge < -0.3 is 9.47 Å². The molecule has 0 aliphatic carbocycles. The highest BCUT2D eigenvalue weighted by Crippen LogP contribution is 2.16. The fraction of sp³-hybridized carbons (Fsp3) is 0.837. The third-order valence-electron chi connectivity index (χ3n) is 9.84. The molecule has 0 bridgehead atoms. The molecule has 0 fully saturated rings. The maximum atomic E-state index is 12.7. The second-order valence-corrected chi connectivity index (χ2v) is 15.8. The summed E-state index contributed by atoms with van der Waals surface area (Å²) < 4.78 is 47.7. The second kappa shape index (κ2) is 34.7. The Morgan fingerprint density at radius 1 is 0.509 bits per heavy atom. The average molecular weight is 773 g/mol. The molecule has 1 aromatic heterocycles. The highest BCUT2D eigenvalue weighted by molar-refractivity contribution is 5.69. The van der Waals surface area contributed by atoms with E-state index >= 15 is 0 Å². The fourth-order valence-electron chi connectivity index (χ4n) is 6.99. The Kier molecular flexibility index (Phi) is 33.5. The third-order valence-corrected chi connectivity index (χ3v) is 9.84. The summed E-state index contributed by atoms with van der Waals surface area (Å²) in [4.78, 5) is 25.3. The van der Waals surface area contributed by atoms with Crippen LogP contribution in [-0.2, 0) is 19.1 Å². The molecular weight excluding hydrogens is 694 g/mol. The van der Waals surface area contributed by atoms with E-state index in [4.69, 9.17) is 28.1 Å². The van der Waals surface area contributed by atoms with Gasteiger partial charge in [-0.25, -0.2) is 18.6 Å². The van der Waals surface area contributed by atoms with E-state index in [9.17, 15) is 9.59 Å². The lowest BCUT2D eigenvalue weighted by Crippen LogP contribution is -2.68. The van der Waals surface area contributed by atoms with Crippen LogP contribution in [0.1, 0.15) is 217 Å².